The van der Waals surface area contributed by atoms with Crippen molar-refractivity contribution in [1.82, 2.24) is 19.3 Å². The fourth-order valence-electron chi connectivity index (χ4n) is 2.43. The van der Waals surface area contributed by atoms with Crippen LogP contribution in [0, 0.1) is 6.92 Å². The second-order valence-corrected chi connectivity index (χ2v) is 7.54. The van der Waals surface area contributed by atoms with Crippen LogP contribution in [0.4, 0.5) is 0 Å². The van der Waals surface area contributed by atoms with Crippen molar-refractivity contribution in [3.63, 3.8) is 0 Å². The molecule has 0 saturated carbocycles. The Morgan fingerprint density at radius 2 is 2.00 bits per heavy atom. The molecule has 0 amide bonds. The standard InChI is InChI=1S/C18H18N4O3S/c1-13(23)16-4-3-5-17(10-16)26(24,25)21-12-15-6-7-18(20-11-15)22-9-8-19-14(22)2/h3-11,21H,12H2,1-2H3. The second-order valence-electron chi connectivity index (χ2n) is 5.78. The van der Waals surface area contributed by atoms with Crippen molar-refractivity contribution in [2.75, 3.05) is 0 Å². The Balaban J connectivity index is 1.73. The molecule has 2 heterocycles. The molecule has 3 rings (SSSR count). The molecule has 7 nitrogen and oxygen atoms in total. The lowest BCUT2D eigenvalue weighted by Crippen LogP contribution is -2.23. The number of aromatic nitrogens is 3. The van der Waals surface area contributed by atoms with Gasteiger partial charge in [0.15, 0.2) is 5.78 Å². The van der Waals surface area contributed by atoms with Crippen molar-refractivity contribution in [2.45, 2.75) is 25.3 Å². The van der Waals surface area contributed by atoms with Crippen LogP contribution >= 0.6 is 0 Å². The summed E-state index contributed by atoms with van der Waals surface area (Å²) in [6, 6.07) is 9.56. The number of benzene rings is 1. The Labute approximate surface area is 151 Å². The monoisotopic (exact) mass is 370 g/mol. The summed E-state index contributed by atoms with van der Waals surface area (Å²) in [4.78, 5) is 20.0. The first-order valence-electron chi connectivity index (χ1n) is 7.93. The number of sulfonamides is 1. The highest BCUT2D eigenvalue weighted by Crippen LogP contribution is 2.13. The summed E-state index contributed by atoms with van der Waals surface area (Å²) in [5.74, 6) is 1.34. The fourth-order valence-corrected chi connectivity index (χ4v) is 3.49. The molecule has 0 unspecified atom stereocenters. The quantitative estimate of drug-likeness (QED) is 0.672. The maximum Gasteiger partial charge on any atom is 0.240 e. The van der Waals surface area contributed by atoms with Crippen LogP contribution < -0.4 is 4.72 Å². The second kappa shape index (κ2) is 7.19. The number of carbonyl (C=O) groups excluding carboxylic acids is 1. The van der Waals surface area contributed by atoms with Gasteiger partial charge in [0.2, 0.25) is 10.0 Å². The van der Waals surface area contributed by atoms with Crippen LogP contribution in [-0.4, -0.2) is 28.7 Å². The summed E-state index contributed by atoms with van der Waals surface area (Å²) < 4.78 is 29.2. The van der Waals surface area contributed by atoms with Crippen LogP contribution in [-0.2, 0) is 16.6 Å². The molecule has 134 valence electrons. The molecule has 0 aliphatic rings. The average Bonchev–Trinajstić information content (AvgIpc) is 3.06. The first kappa shape index (κ1) is 18.0. The number of hydrogen-bond acceptors (Lipinski definition) is 5. The predicted octanol–water partition coefficient (Wildman–Crippen LogP) is 2.26. The van der Waals surface area contributed by atoms with Gasteiger partial charge in [-0.05, 0) is 37.6 Å². The largest absolute Gasteiger partial charge is 0.295 e. The van der Waals surface area contributed by atoms with Gasteiger partial charge in [0.1, 0.15) is 11.6 Å². The topological polar surface area (TPSA) is 94.0 Å². The molecule has 8 heteroatoms. The summed E-state index contributed by atoms with van der Waals surface area (Å²) in [6.45, 7) is 3.37. The first-order chi connectivity index (χ1) is 12.4. The number of hydrogen-bond donors (Lipinski definition) is 1. The zero-order chi connectivity index (χ0) is 18.7. The van der Waals surface area contributed by atoms with E-state index in [0.29, 0.717) is 11.4 Å². The number of aryl methyl sites for hydroxylation is 1. The van der Waals surface area contributed by atoms with Gasteiger partial charge in [-0.3, -0.25) is 9.36 Å². The van der Waals surface area contributed by atoms with E-state index < -0.39 is 10.0 Å². The number of rotatable bonds is 6. The molecule has 1 N–H and O–H groups in total. The number of carbonyl (C=O) groups is 1. The SMILES string of the molecule is CC(=O)c1cccc(S(=O)(=O)NCc2ccc(-n3ccnc3C)nc2)c1. The Bertz CT molecular complexity index is 1040. The van der Waals surface area contributed by atoms with E-state index in [0.717, 1.165) is 11.4 Å². The van der Waals surface area contributed by atoms with Crippen molar-refractivity contribution in [1.29, 1.82) is 0 Å². The summed E-state index contributed by atoms with van der Waals surface area (Å²) in [6.07, 6.45) is 5.11. The summed E-state index contributed by atoms with van der Waals surface area (Å²) >= 11 is 0. The van der Waals surface area contributed by atoms with Crippen LogP contribution in [0.3, 0.4) is 0 Å². The van der Waals surface area contributed by atoms with Gasteiger partial charge in [0.25, 0.3) is 0 Å². The minimum absolute atomic E-state index is 0.0591. The van der Waals surface area contributed by atoms with Gasteiger partial charge >= 0.3 is 0 Å². The van der Waals surface area contributed by atoms with Crippen molar-refractivity contribution in [3.8, 4) is 5.82 Å². The lowest BCUT2D eigenvalue weighted by molar-refractivity contribution is 0.101. The van der Waals surface area contributed by atoms with E-state index in [4.69, 9.17) is 0 Å². The molecule has 0 aliphatic heterocycles. The average molecular weight is 370 g/mol. The van der Waals surface area contributed by atoms with Crippen molar-refractivity contribution in [2.24, 2.45) is 0 Å². The molecule has 0 spiro atoms. The summed E-state index contributed by atoms with van der Waals surface area (Å²) in [5, 5.41) is 0. The van der Waals surface area contributed by atoms with Gasteiger partial charge in [-0.2, -0.15) is 0 Å². The van der Waals surface area contributed by atoms with Gasteiger partial charge in [0.05, 0.1) is 4.90 Å². The Hall–Kier alpha value is -2.84. The lowest BCUT2D eigenvalue weighted by Gasteiger charge is -2.09. The Morgan fingerprint density at radius 3 is 2.62 bits per heavy atom. The van der Waals surface area contributed by atoms with Crippen LogP contribution in [0.15, 0.2) is 59.9 Å². The molecule has 0 fully saturated rings. The number of nitrogens with zero attached hydrogens (tertiary/aromatic N) is 3. The maximum absolute atomic E-state index is 12.4. The van der Waals surface area contributed by atoms with Crippen molar-refractivity contribution >= 4 is 15.8 Å². The minimum Gasteiger partial charge on any atom is -0.295 e. The van der Waals surface area contributed by atoms with Gasteiger partial charge in [-0.1, -0.05) is 18.2 Å². The van der Waals surface area contributed by atoms with E-state index in [1.54, 1.807) is 36.7 Å². The van der Waals surface area contributed by atoms with E-state index in [9.17, 15) is 13.2 Å². The number of nitrogens with one attached hydrogen (secondary N) is 1. The molecular weight excluding hydrogens is 352 g/mol. The van der Waals surface area contributed by atoms with Crippen LogP contribution in [0.25, 0.3) is 5.82 Å². The zero-order valence-electron chi connectivity index (χ0n) is 14.4. The molecule has 0 aliphatic carbocycles. The highest BCUT2D eigenvalue weighted by atomic mass is 32.2. The molecule has 3 aromatic rings. The van der Waals surface area contributed by atoms with Crippen LogP contribution in [0.2, 0.25) is 0 Å². The molecule has 0 bridgehead atoms. The fraction of sp³-hybridized carbons (Fsp3) is 0.167. The maximum atomic E-state index is 12.4. The normalized spacial score (nSPS) is 11.5. The molecular formula is C18H18N4O3S. The highest BCUT2D eigenvalue weighted by Gasteiger charge is 2.15. The molecule has 0 saturated heterocycles. The van der Waals surface area contributed by atoms with E-state index >= 15 is 0 Å². The minimum atomic E-state index is -3.72. The van der Waals surface area contributed by atoms with Gasteiger partial charge in [-0.25, -0.2) is 23.1 Å². The molecule has 0 radical (unpaired) electrons. The molecule has 0 atom stereocenters. The van der Waals surface area contributed by atoms with E-state index in [1.807, 2.05) is 17.7 Å². The first-order valence-corrected chi connectivity index (χ1v) is 9.41. The van der Waals surface area contributed by atoms with Crippen LogP contribution in [0.1, 0.15) is 28.7 Å². The van der Waals surface area contributed by atoms with Crippen LogP contribution in [0.5, 0.6) is 0 Å². The molecule has 2 aromatic heterocycles. The van der Waals surface area contributed by atoms with E-state index in [1.165, 1.54) is 19.1 Å². The summed E-state index contributed by atoms with van der Waals surface area (Å²) in [7, 11) is -3.72. The third-order valence-corrected chi connectivity index (χ3v) is 5.30. The molecule has 26 heavy (non-hydrogen) atoms. The van der Waals surface area contributed by atoms with E-state index in [-0.39, 0.29) is 17.2 Å². The van der Waals surface area contributed by atoms with Gasteiger partial charge in [-0.15, -0.1) is 0 Å². The molecule has 1 aromatic carbocycles. The number of pyridine rings is 1. The number of Topliss-reactive ketones (excluding diaryl/α,β-unsaturated/α-hetero) is 1. The lowest BCUT2D eigenvalue weighted by atomic mass is 10.2. The Kier molecular flexibility index (Phi) is 4.97. The highest BCUT2D eigenvalue weighted by molar-refractivity contribution is 7.89. The Morgan fingerprint density at radius 1 is 1.19 bits per heavy atom. The third-order valence-electron chi connectivity index (χ3n) is 3.90. The smallest absolute Gasteiger partial charge is 0.240 e. The number of ketones is 1. The number of imidazole rings is 1. The van der Waals surface area contributed by atoms with E-state index in [2.05, 4.69) is 14.7 Å². The predicted molar refractivity (Wildman–Crippen MR) is 96.6 cm³/mol. The zero-order valence-corrected chi connectivity index (χ0v) is 15.2. The van der Waals surface area contributed by atoms with Crippen molar-refractivity contribution in [3.05, 3.63) is 71.9 Å². The summed E-state index contributed by atoms with van der Waals surface area (Å²) in [5.41, 5.74) is 1.08. The van der Waals surface area contributed by atoms with Gasteiger partial charge in [0, 0.05) is 30.7 Å². The third kappa shape index (κ3) is 3.87. The van der Waals surface area contributed by atoms with Crippen molar-refractivity contribution < 1.29 is 13.2 Å². The van der Waals surface area contributed by atoms with Gasteiger partial charge < -0.3 is 0 Å².